The maximum atomic E-state index is 6.11. The number of nitrogens with zero attached hydrogens (tertiary/aromatic N) is 1. The van der Waals surface area contributed by atoms with Crippen LogP contribution in [0.25, 0.3) is 76.5 Å². The van der Waals surface area contributed by atoms with Gasteiger partial charge in [-0.05, 0) is 109 Å². The summed E-state index contributed by atoms with van der Waals surface area (Å²) in [5.41, 5.74) is 9.85. The second-order valence-corrected chi connectivity index (χ2v) is 12.9. The van der Waals surface area contributed by atoms with Crippen molar-refractivity contribution in [3.8, 4) is 22.3 Å². The van der Waals surface area contributed by atoms with Crippen molar-refractivity contribution in [1.29, 1.82) is 0 Å². The molecule has 0 fully saturated rings. The fourth-order valence-corrected chi connectivity index (χ4v) is 7.65. The van der Waals surface area contributed by atoms with Crippen LogP contribution in [0.5, 0.6) is 0 Å². The smallest absolute Gasteiger partial charge is 0.135 e. The first-order chi connectivity index (χ1) is 24.8. The molecule has 0 aliphatic rings. The van der Waals surface area contributed by atoms with Crippen LogP contribution in [0.2, 0.25) is 0 Å². The average Bonchev–Trinajstić information content (AvgIpc) is 3.57. The Bertz CT molecular complexity index is 2830. The maximum absolute atomic E-state index is 6.11. The fraction of sp³-hybridized carbons (Fsp3) is 0. The molecule has 234 valence electrons. The van der Waals surface area contributed by atoms with Gasteiger partial charge in [0.2, 0.25) is 0 Å². The van der Waals surface area contributed by atoms with Gasteiger partial charge in [0.25, 0.3) is 0 Å². The number of fused-ring (bicyclic) bond motifs is 9. The Morgan fingerprint density at radius 3 is 1.50 bits per heavy atom. The molecule has 0 atom stereocenters. The Hall–Kier alpha value is -6.64. The normalized spacial score (nSPS) is 11.6. The molecular formula is C48H31NO. The summed E-state index contributed by atoms with van der Waals surface area (Å²) in [6, 6.07) is 67.6. The van der Waals surface area contributed by atoms with Crippen molar-refractivity contribution < 1.29 is 4.42 Å². The third-order valence-electron chi connectivity index (χ3n) is 10.0. The van der Waals surface area contributed by atoms with Gasteiger partial charge in [0.15, 0.2) is 0 Å². The lowest BCUT2D eigenvalue weighted by molar-refractivity contribution is 0.669. The summed E-state index contributed by atoms with van der Waals surface area (Å²) in [6.45, 7) is 0. The van der Waals surface area contributed by atoms with E-state index in [1.165, 1.54) is 43.4 Å². The minimum absolute atomic E-state index is 0.910. The van der Waals surface area contributed by atoms with E-state index in [9.17, 15) is 0 Å². The van der Waals surface area contributed by atoms with Crippen molar-refractivity contribution in [3.05, 3.63) is 188 Å². The van der Waals surface area contributed by atoms with E-state index >= 15 is 0 Å². The van der Waals surface area contributed by atoms with Crippen LogP contribution < -0.4 is 4.90 Å². The van der Waals surface area contributed by atoms with E-state index in [1.54, 1.807) is 0 Å². The monoisotopic (exact) mass is 637 g/mol. The number of anilines is 3. The van der Waals surface area contributed by atoms with Gasteiger partial charge in [0.05, 0.1) is 0 Å². The molecule has 9 aromatic carbocycles. The molecule has 0 spiro atoms. The zero-order valence-electron chi connectivity index (χ0n) is 27.3. The van der Waals surface area contributed by atoms with Crippen molar-refractivity contribution in [1.82, 2.24) is 0 Å². The molecule has 0 N–H and O–H groups in total. The fourth-order valence-electron chi connectivity index (χ4n) is 7.65. The first kappa shape index (κ1) is 28.4. The third kappa shape index (κ3) is 4.65. The summed E-state index contributed by atoms with van der Waals surface area (Å²) >= 11 is 0. The number of furan rings is 1. The Morgan fingerprint density at radius 2 is 0.760 bits per heavy atom. The highest BCUT2D eigenvalue weighted by Crippen LogP contribution is 2.42. The molecule has 50 heavy (non-hydrogen) atoms. The van der Waals surface area contributed by atoms with Crippen molar-refractivity contribution in [3.63, 3.8) is 0 Å². The van der Waals surface area contributed by atoms with Crippen molar-refractivity contribution >= 4 is 71.3 Å². The molecular weight excluding hydrogens is 607 g/mol. The second kappa shape index (κ2) is 11.5. The summed E-state index contributed by atoms with van der Waals surface area (Å²) in [5, 5.41) is 9.89. The molecule has 2 nitrogen and oxygen atoms in total. The lowest BCUT2D eigenvalue weighted by Crippen LogP contribution is -2.10. The van der Waals surface area contributed by atoms with Crippen LogP contribution in [0.3, 0.4) is 0 Å². The van der Waals surface area contributed by atoms with Gasteiger partial charge in [-0.1, -0.05) is 133 Å². The highest BCUT2D eigenvalue weighted by molar-refractivity contribution is 6.25. The van der Waals surface area contributed by atoms with Crippen LogP contribution in [-0.4, -0.2) is 0 Å². The zero-order chi connectivity index (χ0) is 33.0. The average molecular weight is 638 g/mol. The standard InChI is InChI=1S/C48H31NO/c1-2-11-32(12-3-1)34-13-10-14-37(29-34)49(38-26-27-43-41-17-5-4-15-39(41)40-16-6-7-18-42(40)45(43)31-38)36-24-21-33(22-25-36)35-23-28-48-46(30-35)44-19-8-9-20-47(44)50-48/h1-31H. The molecule has 10 aromatic rings. The molecule has 0 bridgehead atoms. The lowest BCUT2D eigenvalue weighted by atomic mass is 9.94. The van der Waals surface area contributed by atoms with Crippen LogP contribution in [0.1, 0.15) is 0 Å². The predicted octanol–water partition coefficient (Wildman–Crippen LogP) is 13.8. The molecule has 0 unspecified atom stereocenters. The Morgan fingerprint density at radius 1 is 0.260 bits per heavy atom. The quantitative estimate of drug-likeness (QED) is 0.175. The topological polar surface area (TPSA) is 16.4 Å². The summed E-state index contributed by atoms with van der Waals surface area (Å²) in [4.78, 5) is 2.38. The van der Waals surface area contributed by atoms with Crippen molar-refractivity contribution in [2.45, 2.75) is 0 Å². The first-order valence-electron chi connectivity index (χ1n) is 17.1. The van der Waals surface area contributed by atoms with Gasteiger partial charge < -0.3 is 9.32 Å². The largest absolute Gasteiger partial charge is 0.456 e. The van der Waals surface area contributed by atoms with Crippen LogP contribution in [0.4, 0.5) is 17.1 Å². The molecule has 2 heteroatoms. The Labute approximate surface area is 290 Å². The minimum Gasteiger partial charge on any atom is -0.456 e. The van der Waals surface area contributed by atoms with Gasteiger partial charge in [-0.15, -0.1) is 0 Å². The molecule has 0 saturated heterocycles. The van der Waals surface area contributed by atoms with Gasteiger partial charge >= 0.3 is 0 Å². The SMILES string of the molecule is c1ccc(-c2cccc(N(c3ccc(-c4ccc5oc6ccccc6c5c4)cc3)c3ccc4c5ccccc5c5ccccc5c4c3)c2)cc1. The molecule has 1 aromatic heterocycles. The van der Waals surface area contributed by atoms with Gasteiger partial charge in [-0.2, -0.15) is 0 Å². The molecule has 0 aliphatic heterocycles. The molecule has 0 radical (unpaired) electrons. The molecule has 10 rings (SSSR count). The van der Waals surface area contributed by atoms with Crippen LogP contribution in [-0.2, 0) is 0 Å². The number of hydrogen-bond donors (Lipinski definition) is 0. The van der Waals surface area contributed by atoms with E-state index < -0.39 is 0 Å². The Balaban J connectivity index is 1.14. The molecule has 0 amide bonds. The molecule has 1 heterocycles. The van der Waals surface area contributed by atoms with Gasteiger partial charge in [0, 0.05) is 27.8 Å². The summed E-state index contributed by atoms with van der Waals surface area (Å²) < 4.78 is 6.11. The van der Waals surface area contributed by atoms with Crippen molar-refractivity contribution in [2.24, 2.45) is 0 Å². The predicted molar refractivity (Wildman–Crippen MR) is 212 cm³/mol. The van der Waals surface area contributed by atoms with Gasteiger partial charge in [-0.3, -0.25) is 0 Å². The zero-order valence-corrected chi connectivity index (χ0v) is 27.3. The van der Waals surface area contributed by atoms with Gasteiger partial charge in [-0.25, -0.2) is 0 Å². The maximum Gasteiger partial charge on any atom is 0.135 e. The highest BCUT2D eigenvalue weighted by Gasteiger charge is 2.17. The first-order valence-corrected chi connectivity index (χ1v) is 17.1. The van der Waals surface area contributed by atoms with Crippen LogP contribution in [0.15, 0.2) is 192 Å². The van der Waals surface area contributed by atoms with E-state index in [4.69, 9.17) is 4.42 Å². The lowest BCUT2D eigenvalue weighted by Gasteiger charge is -2.27. The van der Waals surface area contributed by atoms with E-state index in [0.717, 1.165) is 50.1 Å². The summed E-state index contributed by atoms with van der Waals surface area (Å²) in [6.07, 6.45) is 0. The highest BCUT2D eigenvalue weighted by atomic mass is 16.3. The number of benzene rings is 9. The third-order valence-corrected chi connectivity index (χ3v) is 10.0. The number of hydrogen-bond acceptors (Lipinski definition) is 2. The summed E-state index contributed by atoms with van der Waals surface area (Å²) in [5.74, 6) is 0. The molecule has 0 saturated carbocycles. The Kier molecular flexibility index (Phi) is 6.53. The number of para-hydroxylation sites is 1. The second-order valence-electron chi connectivity index (χ2n) is 12.9. The van der Waals surface area contributed by atoms with E-state index in [1.807, 2.05) is 12.1 Å². The van der Waals surface area contributed by atoms with Gasteiger partial charge in [0.1, 0.15) is 11.2 Å². The van der Waals surface area contributed by atoms with E-state index in [-0.39, 0.29) is 0 Å². The number of rotatable bonds is 5. The summed E-state index contributed by atoms with van der Waals surface area (Å²) in [7, 11) is 0. The van der Waals surface area contributed by atoms with E-state index in [2.05, 4.69) is 181 Å². The van der Waals surface area contributed by atoms with Crippen LogP contribution in [0, 0.1) is 0 Å². The van der Waals surface area contributed by atoms with E-state index in [0.29, 0.717) is 0 Å². The molecule has 0 aliphatic carbocycles. The minimum atomic E-state index is 0.910. The van der Waals surface area contributed by atoms with Crippen molar-refractivity contribution in [2.75, 3.05) is 4.90 Å². The van der Waals surface area contributed by atoms with Crippen LogP contribution >= 0.6 is 0 Å².